The highest BCUT2D eigenvalue weighted by Gasteiger charge is 2.32. The van der Waals surface area contributed by atoms with Crippen molar-refractivity contribution in [1.29, 1.82) is 0 Å². The van der Waals surface area contributed by atoms with E-state index < -0.39 is 0 Å². The molecule has 0 aliphatic carbocycles. The molecule has 0 aromatic heterocycles. The van der Waals surface area contributed by atoms with Crippen LogP contribution in [-0.2, 0) is 9.53 Å². The molecule has 3 rings (SSSR count). The van der Waals surface area contributed by atoms with E-state index in [1.54, 1.807) is 0 Å². The lowest BCUT2D eigenvalue weighted by Crippen LogP contribution is -2.51. The second-order valence-corrected chi connectivity index (χ2v) is 8.02. The van der Waals surface area contributed by atoms with Crippen molar-refractivity contribution in [3.8, 4) is 0 Å². The first kappa shape index (κ1) is 24.5. The van der Waals surface area contributed by atoms with Crippen LogP contribution in [0.25, 0.3) is 0 Å². The average Bonchev–Trinajstić information content (AvgIpc) is 3.10. The Kier molecular flexibility index (Phi) is 9.83. The average molecular weight is 439 g/mol. The van der Waals surface area contributed by atoms with E-state index in [1.807, 2.05) is 12.1 Å². The molecule has 1 amide bonds. The van der Waals surface area contributed by atoms with Gasteiger partial charge >= 0.3 is 0 Å². The molecule has 2 aliphatic rings. The fourth-order valence-corrected chi connectivity index (χ4v) is 3.81. The number of ether oxygens (including phenoxy) is 1. The van der Waals surface area contributed by atoms with Gasteiger partial charge in [-0.15, -0.1) is 24.8 Å². The molecular weight excluding hydrogens is 409 g/mol. The van der Waals surface area contributed by atoms with Crippen molar-refractivity contribution < 1.29 is 9.53 Å². The zero-order valence-corrected chi connectivity index (χ0v) is 18.3. The van der Waals surface area contributed by atoms with Crippen LogP contribution < -0.4 is 10.6 Å². The van der Waals surface area contributed by atoms with E-state index in [-0.39, 0.29) is 48.3 Å². The molecule has 1 aromatic carbocycles. The minimum atomic E-state index is -0.178. The highest BCUT2D eigenvalue weighted by Crippen LogP contribution is 2.27. The van der Waals surface area contributed by atoms with Crippen LogP contribution in [0.1, 0.15) is 31.9 Å². The van der Waals surface area contributed by atoms with Crippen molar-refractivity contribution in [3.63, 3.8) is 0 Å². The Morgan fingerprint density at radius 1 is 1.37 bits per heavy atom. The predicted octanol–water partition coefficient (Wildman–Crippen LogP) is 3.06. The van der Waals surface area contributed by atoms with Crippen LogP contribution in [0, 0.1) is 5.92 Å². The van der Waals surface area contributed by atoms with Gasteiger partial charge < -0.3 is 15.4 Å². The standard InChI is InChI=1S/C19H28ClN3O2.2ClH/c1-19(2)13-23(9-10-25-19)17(14-3-5-16(20)6-4-14)12-22-18(24)15-7-8-21-11-15;;/h3-6,15,17,21H,7-13H2,1-2H3,(H,22,24);2*1H. The van der Waals surface area contributed by atoms with Gasteiger partial charge in [-0.1, -0.05) is 23.7 Å². The summed E-state index contributed by atoms with van der Waals surface area (Å²) in [6, 6.07) is 8.06. The number of carbonyl (C=O) groups excluding carboxylic acids is 1. The first-order valence-corrected chi connectivity index (χ1v) is 9.44. The summed E-state index contributed by atoms with van der Waals surface area (Å²) in [7, 11) is 0. The largest absolute Gasteiger partial charge is 0.373 e. The Morgan fingerprint density at radius 3 is 2.67 bits per heavy atom. The number of rotatable bonds is 5. The van der Waals surface area contributed by atoms with Crippen LogP contribution in [0.3, 0.4) is 0 Å². The molecule has 5 nitrogen and oxygen atoms in total. The van der Waals surface area contributed by atoms with Crippen LogP contribution in [0.4, 0.5) is 0 Å². The van der Waals surface area contributed by atoms with Gasteiger partial charge in [0.2, 0.25) is 5.91 Å². The Balaban J connectivity index is 0.00000182. The molecule has 154 valence electrons. The quantitative estimate of drug-likeness (QED) is 0.742. The first-order chi connectivity index (χ1) is 11.9. The number of hydrogen-bond acceptors (Lipinski definition) is 4. The van der Waals surface area contributed by atoms with Gasteiger partial charge in [-0.3, -0.25) is 9.69 Å². The van der Waals surface area contributed by atoms with Crippen molar-refractivity contribution >= 4 is 42.3 Å². The Morgan fingerprint density at radius 2 is 2.07 bits per heavy atom. The van der Waals surface area contributed by atoms with Crippen molar-refractivity contribution in [1.82, 2.24) is 15.5 Å². The number of halogens is 3. The van der Waals surface area contributed by atoms with Gasteiger partial charge in [-0.25, -0.2) is 0 Å². The molecule has 2 unspecified atom stereocenters. The summed E-state index contributed by atoms with van der Waals surface area (Å²) >= 11 is 6.05. The third-order valence-electron chi connectivity index (χ3n) is 5.05. The van der Waals surface area contributed by atoms with Crippen LogP contribution in [0.2, 0.25) is 5.02 Å². The molecule has 0 bridgehead atoms. The summed E-state index contributed by atoms with van der Waals surface area (Å²) in [5.41, 5.74) is 0.995. The maximum atomic E-state index is 12.4. The van der Waals surface area contributed by atoms with Gasteiger partial charge in [0, 0.05) is 31.2 Å². The van der Waals surface area contributed by atoms with Gasteiger partial charge in [0.25, 0.3) is 0 Å². The first-order valence-electron chi connectivity index (χ1n) is 9.06. The van der Waals surface area contributed by atoms with E-state index in [4.69, 9.17) is 16.3 Å². The number of hydrogen-bond donors (Lipinski definition) is 2. The molecule has 0 radical (unpaired) electrons. The van der Waals surface area contributed by atoms with E-state index in [1.165, 1.54) is 5.56 Å². The zero-order valence-electron chi connectivity index (χ0n) is 15.9. The highest BCUT2D eigenvalue weighted by molar-refractivity contribution is 6.30. The number of benzene rings is 1. The normalized spacial score (nSPS) is 23.0. The smallest absolute Gasteiger partial charge is 0.224 e. The minimum Gasteiger partial charge on any atom is -0.373 e. The third kappa shape index (κ3) is 6.77. The topological polar surface area (TPSA) is 53.6 Å². The molecule has 1 aromatic rings. The van der Waals surface area contributed by atoms with E-state index >= 15 is 0 Å². The molecule has 0 saturated carbocycles. The van der Waals surface area contributed by atoms with Crippen LogP contribution in [0.5, 0.6) is 0 Å². The number of nitrogens with one attached hydrogen (secondary N) is 2. The Labute approximate surface area is 179 Å². The molecule has 0 spiro atoms. The van der Waals surface area contributed by atoms with Crippen molar-refractivity contribution in [2.24, 2.45) is 5.92 Å². The van der Waals surface area contributed by atoms with Crippen LogP contribution in [0.15, 0.2) is 24.3 Å². The minimum absolute atomic E-state index is 0. The number of carbonyl (C=O) groups is 1. The van der Waals surface area contributed by atoms with Crippen molar-refractivity contribution in [2.75, 3.05) is 39.3 Å². The summed E-state index contributed by atoms with van der Waals surface area (Å²) in [5.74, 6) is 0.239. The number of nitrogens with zero attached hydrogens (tertiary/aromatic N) is 1. The number of morpholine rings is 1. The van der Waals surface area contributed by atoms with Gasteiger partial charge in [0.05, 0.1) is 24.2 Å². The molecule has 2 saturated heterocycles. The van der Waals surface area contributed by atoms with Gasteiger partial charge in [0.1, 0.15) is 0 Å². The summed E-state index contributed by atoms with van der Waals surface area (Å²) in [6.07, 6.45) is 0.919. The molecule has 2 fully saturated rings. The van der Waals surface area contributed by atoms with Gasteiger partial charge in [0.15, 0.2) is 0 Å². The lowest BCUT2D eigenvalue weighted by Gasteiger charge is -2.42. The summed E-state index contributed by atoms with van der Waals surface area (Å²) in [5, 5.41) is 7.15. The summed E-state index contributed by atoms with van der Waals surface area (Å²) < 4.78 is 5.85. The van der Waals surface area contributed by atoms with E-state index in [0.29, 0.717) is 13.2 Å². The second-order valence-electron chi connectivity index (χ2n) is 7.58. The molecule has 8 heteroatoms. The Hall–Kier alpha value is -0.560. The molecule has 2 N–H and O–H groups in total. The van der Waals surface area contributed by atoms with Crippen molar-refractivity contribution in [2.45, 2.75) is 31.9 Å². The maximum Gasteiger partial charge on any atom is 0.224 e. The summed E-state index contributed by atoms with van der Waals surface area (Å²) in [6.45, 7) is 8.93. The van der Waals surface area contributed by atoms with Crippen LogP contribution >= 0.6 is 36.4 Å². The molecular formula is C19H30Cl3N3O2. The highest BCUT2D eigenvalue weighted by atomic mass is 35.5. The van der Waals surface area contributed by atoms with E-state index in [2.05, 4.69) is 41.5 Å². The third-order valence-corrected chi connectivity index (χ3v) is 5.30. The van der Waals surface area contributed by atoms with E-state index in [0.717, 1.165) is 37.6 Å². The SMILES string of the molecule is CC1(C)CN(C(CNC(=O)C2CCNC2)c2ccc(Cl)cc2)CCO1.Cl.Cl. The zero-order chi connectivity index (χ0) is 17.9. The van der Waals surface area contributed by atoms with Gasteiger partial charge in [-0.2, -0.15) is 0 Å². The maximum absolute atomic E-state index is 12.4. The summed E-state index contributed by atoms with van der Waals surface area (Å²) in [4.78, 5) is 14.8. The monoisotopic (exact) mass is 437 g/mol. The molecule has 2 heterocycles. The molecule has 27 heavy (non-hydrogen) atoms. The molecule has 2 atom stereocenters. The van der Waals surface area contributed by atoms with Crippen LogP contribution in [-0.4, -0.2) is 55.7 Å². The lowest BCUT2D eigenvalue weighted by atomic mass is 10.00. The second kappa shape index (κ2) is 10.8. The fourth-order valence-electron chi connectivity index (χ4n) is 3.68. The number of amides is 1. The fraction of sp³-hybridized carbons (Fsp3) is 0.632. The van der Waals surface area contributed by atoms with Gasteiger partial charge in [-0.05, 0) is 44.5 Å². The Bertz CT molecular complexity index is 592. The predicted molar refractivity (Wildman–Crippen MR) is 114 cm³/mol. The lowest BCUT2D eigenvalue weighted by molar-refractivity contribution is -0.125. The van der Waals surface area contributed by atoms with Crippen molar-refractivity contribution in [3.05, 3.63) is 34.9 Å². The molecule has 2 aliphatic heterocycles. The van der Waals surface area contributed by atoms with E-state index in [9.17, 15) is 4.79 Å².